The fraction of sp³-hybridized carbons (Fsp3) is 0.929. The third-order valence-electron chi connectivity index (χ3n) is 5.39. The summed E-state index contributed by atoms with van der Waals surface area (Å²) in [5.74, 6) is 3.47. The van der Waals surface area contributed by atoms with Gasteiger partial charge in [-0.15, -0.1) is 24.0 Å². The lowest BCUT2D eigenvalue weighted by atomic mass is 9.82. The summed E-state index contributed by atoms with van der Waals surface area (Å²) in [5, 5.41) is 3.61. The highest BCUT2D eigenvalue weighted by Gasteiger charge is 2.53. The first kappa shape index (κ1) is 13.9. The number of hydrogen-bond acceptors (Lipinski definition) is 2. The van der Waals surface area contributed by atoms with E-state index in [2.05, 4.69) is 22.1 Å². The van der Waals surface area contributed by atoms with Crippen LogP contribution in [-0.2, 0) is 4.74 Å². The zero-order valence-corrected chi connectivity index (χ0v) is 14.0. The number of hydrogen-bond donors (Lipinski definition) is 1. The van der Waals surface area contributed by atoms with Crippen molar-refractivity contribution in [1.29, 1.82) is 0 Å². The molecule has 19 heavy (non-hydrogen) atoms. The number of likely N-dealkylation sites (tertiary alicyclic amines) is 1. The highest BCUT2D eigenvalue weighted by Crippen LogP contribution is 2.47. The van der Waals surface area contributed by atoms with Crippen molar-refractivity contribution in [3.8, 4) is 0 Å². The van der Waals surface area contributed by atoms with Gasteiger partial charge in [0.25, 0.3) is 0 Å². The van der Waals surface area contributed by atoms with E-state index in [-0.39, 0.29) is 24.0 Å². The van der Waals surface area contributed by atoms with E-state index in [1.165, 1.54) is 19.3 Å². The number of guanidine groups is 1. The number of nitrogens with one attached hydrogen (secondary N) is 1. The summed E-state index contributed by atoms with van der Waals surface area (Å²) in [4.78, 5) is 6.94. The van der Waals surface area contributed by atoms with Gasteiger partial charge in [0.05, 0.1) is 12.2 Å². The van der Waals surface area contributed by atoms with Crippen LogP contribution in [-0.4, -0.2) is 49.2 Å². The molecule has 0 amide bonds. The van der Waals surface area contributed by atoms with Gasteiger partial charge in [0, 0.05) is 38.0 Å². The van der Waals surface area contributed by atoms with Gasteiger partial charge in [0.2, 0.25) is 0 Å². The summed E-state index contributed by atoms with van der Waals surface area (Å²) in [7, 11) is 1.91. The minimum Gasteiger partial charge on any atom is -0.374 e. The van der Waals surface area contributed by atoms with E-state index in [0.717, 1.165) is 36.8 Å². The maximum Gasteiger partial charge on any atom is 0.193 e. The van der Waals surface area contributed by atoms with Crippen LogP contribution < -0.4 is 5.32 Å². The van der Waals surface area contributed by atoms with Crippen LogP contribution in [0, 0.1) is 17.8 Å². The predicted octanol–water partition coefficient (Wildman–Crippen LogP) is 1.70. The minimum absolute atomic E-state index is 0. The molecule has 3 aliphatic heterocycles. The van der Waals surface area contributed by atoms with E-state index in [1.54, 1.807) is 0 Å². The van der Waals surface area contributed by atoms with Gasteiger partial charge in [-0.2, -0.15) is 0 Å². The van der Waals surface area contributed by atoms with Crippen LogP contribution in [0.3, 0.4) is 0 Å². The first-order valence-corrected chi connectivity index (χ1v) is 7.40. The zero-order chi connectivity index (χ0) is 12.3. The molecule has 4 aliphatic rings. The van der Waals surface area contributed by atoms with Gasteiger partial charge in [-0.25, -0.2) is 0 Å². The van der Waals surface area contributed by atoms with E-state index < -0.39 is 0 Å². The molecule has 4 fully saturated rings. The molecule has 6 unspecified atom stereocenters. The highest BCUT2D eigenvalue weighted by atomic mass is 127. The monoisotopic (exact) mass is 377 g/mol. The number of rotatable bonds is 1. The number of ether oxygens (including phenoxy) is 1. The summed E-state index contributed by atoms with van der Waals surface area (Å²) in [6.45, 7) is 4.59. The SMILES string of the molecule is CN=C(NC1CC1C)N1CC2C3CCC(O3)C2C1.I. The normalized spacial score (nSPS) is 47.1. The van der Waals surface area contributed by atoms with Gasteiger partial charge >= 0.3 is 0 Å². The summed E-state index contributed by atoms with van der Waals surface area (Å²) in [6, 6.07) is 0.664. The van der Waals surface area contributed by atoms with Crippen LogP contribution in [0.1, 0.15) is 26.2 Å². The largest absolute Gasteiger partial charge is 0.374 e. The van der Waals surface area contributed by atoms with Crippen LogP contribution in [0.4, 0.5) is 0 Å². The summed E-state index contributed by atoms with van der Waals surface area (Å²) in [5.41, 5.74) is 0. The van der Waals surface area contributed by atoms with Crippen molar-refractivity contribution in [2.24, 2.45) is 22.7 Å². The smallest absolute Gasteiger partial charge is 0.193 e. The Labute approximate surface area is 132 Å². The molecule has 1 saturated carbocycles. The Hall–Kier alpha value is -0.0400. The van der Waals surface area contributed by atoms with Crippen LogP contribution in [0.15, 0.2) is 4.99 Å². The number of fused-ring (bicyclic) bond motifs is 5. The number of nitrogens with zero attached hydrogens (tertiary/aromatic N) is 2. The Morgan fingerprint density at radius 2 is 1.79 bits per heavy atom. The molecule has 2 bridgehead atoms. The van der Waals surface area contributed by atoms with Crippen molar-refractivity contribution in [2.45, 2.75) is 44.4 Å². The topological polar surface area (TPSA) is 36.9 Å². The van der Waals surface area contributed by atoms with Crippen LogP contribution in [0.5, 0.6) is 0 Å². The van der Waals surface area contributed by atoms with Crippen molar-refractivity contribution in [1.82, 2.24) is 10.2 Å². The van der Waals surface area contributed by atoms with Crippen molar-refractivity contribution in [3.63, 3.8) is 0 Å². The van der Waals surface area contributed by atoms with Gasteiger partial charge in [-0.1, -0.05) is 6.92 Å². The summed E-state index contributed by atoms with van der Waals surface area (Å²) < 4.78 is 6.02. The molecule has 4 rings (SSSR count). The molecule has 3 heterocycles. The molecule has 108 valence electrons. The lowest BCUT2D eigenvalue weighted by Crippen LogP contribution is -2.42. The highest BCUT2D eigenvalue weighted by molar-refractivity contribution is 14.0. The van der Waals surface area contributed by atoms with Gasteiger partial charge in [-0.3, -0.25) is 4.99 Å². The third kappa shape index (κ3) is 2.26. The Balaban J connectivity index is 0.00000110. The second kappa shape index (κ2) is 5.06. The lowest BCUT2D eigenvalue weighted by Gasteiger charge is -2.23. The molecule has 5 heteroatoms. The van der Waals surface area contributed by atoms with Crippen LogP contribution >= 0.6 is 24.0 Å². The molecule has 0 aromatic rings. The second-order valence-electron chi connectivity index (χ2n) is 6.53. The van der Waals surface area contributed by atoms with Crippen LogP contribution in [0.25, 0.3) is 0 Å². The molecule has 4 nitrogen and oxygen atoms in total. The van der Waals surface area contributed by atoms with E-state index in [0.29, 0.717) is 18.2 Å². The maximum atomic E-state index is 6.02. The van der Waals surface area contributed by atoms with E-state index >= 15 is 0 Å². The molecule has 0 aromatic carbocycles. The van der Waals surface area contributed by atoms with Gasteiger partial charge in [0.15, 0.2) is 5.96 Å². The Morgan fingerprint density at radius 3 is 2.26 bits per heavy atom. The average Bonchev–Trinajstić information content (AvgIpc) is 2.83. The van der Waals surface area contributed by atoms with Crippen LogP contribution in [0.2, 0.25) is 0 Å². The van der Waals surface area contributed by atoms with Gasteiger partial charge < -0.3 is 15.0 Å². The van der Waals surface area contributed by atoms with Gasteiger partial charge in [0.1, 0.15) is 0 Å². The summed E-state index contributed by atoms with van der Waals surface area (Å²) in [6.07, 6.45) is 4.95. The lowest BCUT2D eigenvalue weighted by molar-refractivity contribution is 0.0767. The van der Waals surface area contributed by atoms with Crippen molar-refractivity contribution in [3.05, 3.63) is 0 Å². The quantitative estimate of drug-likeness (QED) is 0.429. The molecule has 6 atom stereocenters. The molecule has 1 N–H and O–H groups in total. The maximum absolute atomic E-state index is 6.02. The number of halogens is 1. The predicted molar refractivity (Wildman–Crippen MR) is 85.9 cm³/mol. The Morgan fingerprint density at radius 1 is 1.21 bits per heavy atom. The second-order valence-corrected chi connectivity index (χ2v) is 6.53. The van der Waals surface area contributed by atoms with E-state index in [9.17, 15) is 0 Å². The first-order chi connectivity index (χ1) is 8.76. The fourth-order valence-corrected chi connectivity index (χ4v) is 4.12. The molecular formula is C14H24IN3O. The first-order valence-electron chi connectivity index (χ1n) is 7.40. The molecule has 0 spiro atoms. The summed E-state index contributed by atoms with van der Waals surface area (Å²) >= 11 is 0. The minimum atomic E-state index is 0. The Kier molecular flexibility index (Phi) is 3.71. The Bertz CT molecular complexity index is 371. The van der Waals surface area contributed by atoms with Crippen molar-refractivity contribution in [2.75, 3.05) is 20.1 Å². The van der Waals surface area contributed by atoms with Gasteiger partial charge in [-0.05, 0) is 25.2 Å². The molecular weight excluding hydrogens is 353 g/mol. The molecule has 0 aromatic heterocycles. The number of aliphatic imine (C=N–C) groups is 1. The zero-order valence-electron chi connectivity index (χ0n) is 11.7. The van der Waals surface area contributed by atoms with Crippen molar-refractivity contribution < 1.29 is 4.74 Å². The van der Waals surface area contributed by atoms with E-state index in [4.69, 9.17) is 4.74 Å². The standard InChI is InChI=1S/C14H23N3O.HI/c1-8-5-11(8)16-14(15-2)17-6-9-10(7-17)13-4-3-12(9)18-13;/h8-13H,3-7H2,1-2H3,(H,15,16);1H. The van der Waals surface area contributed by atoms with E-state index in [1.807, 2.05) is 7.05 Å². The fourth-order valence-electron chi connectivity index (χ4n) is 4.12. The van der Waals surface area contributed by atoms with Crippen molar-refractivity contribution >= 4 is 29.9 Å². The molecule has 1 aliphatic carbocycles. The average molecular weight is 377 g/mol. The third-order valence-corrected chi connectivity index (χ3v) is 5.39. The molecule has 3 saturated heterocycles. The molecule has 0 radical (unpaired) electrons.